The van der Waals surface area contributed by atoms with E-state index in [-0.39, 0.29) is 6.61 Å². The Bertz CT molecular complexity index is 284. The monoisotopic (exact) mass is 250 g/mol. The second kappa shape index (κ2) is 11.3. The van der Waals surface area contributed by atoms with Crippen LogP contribution in [0.5, 0.6) is 0 Å². The van der Waals surface area contributed by atoms with Crippen LogP contribution in [0.3, 0.4) is 0 Å². The summed E-state index contributed by atoms with van der Waals surface area (Å²) in [5.74, 6) is 0.782. The third kappa shape index (κ3) is 9.23. The number of hydrogen-bond donors (Lipinski definition) is 1. The summed E-state index contributed by atoms with van der Waals surface area (Å²) in [6.07, 6.45) is 14.6. The van der Waals surface area contributed by atoms with Gasteiger partial charge in [-0.2, -0.15) is 0 Å². The molecule has 1 N–H and O–H groups in total. The molecule has 0 rings (SSSR count). The van der Waals surface area contributed by atoms with Gasteiger partial charge in [0.05, 0.1) is 6.61 Å². The quantitative estimate of drug-likeness (QED) is 0.449. The zero-order chi connectivity index (χ0) is 13.8. The average Bonchev–Trinajstić information content (AvgIpc) is 2.36. The first-order chi connectivity index (χ1) is 8.63. The number of rotatable bonds is 9. The summed E-state index contributed by atoms with van der Waals surface area (Å²) in [6, 6.07) is 0. The molecular weight excluding hydrogens is 220 g/mol. The summed E-state index contributed by atoms with van der Waals surface area (Å²) in [6.45, 7) is 8.85. The molecule has 0 spiro atoms. The summed E-state index contributed by atoms with van der Waals surface area (Å²) in [5.41, 5.74) is 2.65. The van der Waals surface area contributed by atoms with E-state index < -0.39 is 0 Å². The van der Waals surface area contributed by atoms with Crippen molar-refractivity contribution in [2.24, 2.45) is 5.92 Å². The summed E-state index contributed by atoms with van der Waals surface area (Å²) in [5, 5.41) is 8.77. The zero-order valence-electron chi connectivity index (χ0n) is 12.6. The maximum Gasteiger partial charge on any atom is 0.0617 e. The van der Waals surface area contributed by atoms with Gasteiger partial charge in [-0.1, -0.05) is 55.7 Å². The van der Waals surface area contributed by atoms with Crippen LogP contribution in [0.25, 0.3) is 0 Å². The average molecular weight is 250 g/mol. The third-order valence-corrected chi connectivity index (χ3v) is 3.47. The highest BCUT2D eigenvalue weighted by Gasteiger charge is 2.02. The van der Waals surface area contributed by atoms with Crippen molar-refractivity contribution < 1.29 is 5.11 Å². The second-order valence-electron chi connectivity index (χ2n) is 5.02. The number of aliphatic hydroxyl groups excluding tert-OH is 1. The van der Waals surface area contributed by atoms with Crippen LogP contribution in [0.4, 0.5) is 0 Å². The van der Waals surface area contributed by atoms with Crippen LogP contribution >= 0.6 is 0 Å². The van der Waals surface area contributed by atoms with Crippen molar-refractivity contribution in [3.05, 3.63) is 35.5 Å². The molecule has 0 heterocycles. The highest BCUT2D eigenvalue weighted by molar-refractivity contribution is 5.15. The van der Waals surface area contributed by atoms with Gasteiger partial charge in [0.25, 0.3) is 0 Å². The first-order valence-corrected chi connectivity index (χ1v) is 7.23. The van der Waals surface area contributed by atoms with Gasteiger partial charge in [-0.15, -0.1) is 0 Å². The number of aliphatic hydroxyl groups is 1. The molecule has 1 unspecified atom stereocenters. The normalized spacial score (nSPS) is 15.4. The smallest absolute Gasteiger partial charge is 0.0617 e. The first-order valence-electron chi connectivity index (χ1n) is 7.23. The van der Waals surface area contributed by atoms with Gasteiger partial charge in [0.2, 0.25) is 0 Å². The van der Waals surface area contributed by atoms with E-state index in [9.17, 15) is 0 Å². The van der Waals surface area contributed by atoms with Gasteiger partial charge in [0.15, 0.2) is 0 Å². The SMILES string of the molecule is CC/C(C)=C/CCC(CC)C/C=C/C(C)=C/CO. The number of hydrogen-bond acceptors (Lipinski definition) is 1. The molecule has 0 saturated carbocycles. The minimum Gasteiger partial charge on any atom is -0.392 e. The van der Waals surface area contributed by atoms with Gasteiger partial charge < -0.3 is 5.11 Å². The molecule has 0 fully saturated rings. The lowest BCUT2D eigenvalue weighted by atomic mass is 9.95. The Morgan fingerprint density at radius 3 is 2.44 bits per heavy atom. The van der Waals surface area contributed by atoms with Crippen molar-refractivity contribution in [2.75, 3.05) is 6.61 Å². The van der Waals surface area contributed by atoms with E-state index in [1.165, 1.54) is 31.3 Å². The van der Waals surface area contributed by atoms with E-state index in [2.05, 4.69) is 39.0 Å². The van der Waals surface area contributed by atoms with Crippen molar-refractivity contribution in [3.63, 3.8) is 0 Å². The Balaban J connectivity index is 4.01. The lowest BCUT2D eigenvalue weighted by molar-refractivity contribution is 0.342. The summed E-state index contributed by atoms with van der Waals surface area (Å²) in [7, 11) is 0. The minimum atomic E-state index is 0.133. The Kier molecular flexibility index (Phi) is 10.8. The van der Waals surface area contributed by atoms with Crippen LogP contribution in [0, 0.1) is 5.92 Å². The van der Waals surface area contributed by atoms with Crippen LogP contribution in [0.15, 0.2) is 35.5 Å². The third-order valence-electron chi connectivity index (χ3n) is 3.47. The van der Waals surface area contributed by atoms with Crippen LogP contribution < -0.4 is 0 Å². The van der Waals surface area contributed by atoms with Gasteiger partial charge in [-0.05, 0) is 45.4 Å². The molecule has 0 aromatic carbocycles. The van der Waals surface area contributed by atoms with E-state index in [4.69, 9.17) is 5.11 Å². The lowest BCUT2D eigenvalue weighted by Gasteiger charge is -2.11. The van der Waals surface area contributed by atoms with Gasteiger partial charge in [0, 0.05) is 0 Å². The Labute approximate surface area is 113 Å². The van der Waals surface area contributed by atoms with Gasteiger partial charge in [-0.3, -0.25) is 0 Å². The molecule has 1 atom stereocenters. The fraction of sp³-hybridized carbons (Fsp3) is 0.647. The van der Waals surface area contributed by atoms with E-state index in [1.54, 1.807) is 0 Å². The highest BCUT2D eigenvalue weighted by atomic mass is 16.2. The second-order valence-corrected chi connectivity index (χ2v) is 5.02. The first kappa shape index (κ1) is 17.2. The maximum atomic E-state index is 8.77. The Morgan fingerprint density at radius 1 is 1.17 bits per heavy atom. The molecule has 0 amide bonds. The van der Waals surface area contributed by atoms with Crippen molar-refractivity contribution in [2.45, 2.75) is 59.8 Å². The molecule has 0 aromatic heterocycles. The molecule has 0 aliphatic rings. The molecular formula is C17H30O. The Morgan fingerprint density at radius 2 is 1.89 bits per heavy atom. The van der Waals surface area contributed by atoms with Crippen molar-refractivity contribution >= 4 is 0 Å². The zero-order valence-corrected chi connectivity index (χ0v) is 12.6. The van der Waals surface area contributed by atoms with Crippen LogP contribution in [-0.4, -0.2) is 11.7 Å². The van der Waals surface area contributed by atoms with Crippen LogP contribution in [0.1, 0.15) is 59.8 Å². The van der Waals surface area contributed by atoms with Crippen molar-refractivity contribution in [3.8, 4) is 0 Å². The maximum absolute atomic E-state index is 8.77. The van der Waals surface area contributed by atoms with E-state index in [0.29, 0.717) is 0 Å². The van der Waals surface area contributed by atoms with E-state index in [1.807, 2.05) is 13.0 Å². The van der Waals surface area contributed by atoms with Gasteiger partial charge in [0.1, 0.15) is 0 Å². The molecule has 0 radical (unpaired) electrons. The molecule has 18 heavy (non-hydrogen) atoms. The molecule has 104 valence electrons. The minimum absolute atomic E-state index is 0.133. The molecule has 1 nitrogen and oxygen atoms in total. The molecule has 0 aromatic rings. The molecule has 0 saturated heterocycles. The molecule has 0 aliphatic heterocycles. The van der Waals surface area contributed by atoms with Crippen molar-refractivity contribution in [1.29, 1.82) is 0 Å². The standard InChI is InChI=1S/C17H30O/c1-5-15(3)9-7-11-17(6-2)12-8-10-16(4)13-14-18/h8-10,13,17-18H,5-7,11-12,14H2,1-4H3/b10-8+,15-9+,16-13+. The predicted molar refractivity (Wildman–Crippen MR) is 81.7 cm³/mol. The van der Waals surface area contributed by atoms with Crippen molar-refractivity contribution in [1.82, 2.24) is 0 Å². The summed E-state index contributed by atoms with van der Waals surface area (Å²) < 4.78 is 0. The van der Waals surface area contributed by atoms with Gasteiger partial charge in [-0.25, -0.2) is 0 Å². The molecule has 1 heteroatoms. The molecule has 0 bridgehead atoms. The predicted octanol–water partition coefficient (Wildman–Crippen LogP) is 5.03. The largest absolute Gasteiger partial charge is 0.392 e. The fourth-order valence-corrected chi connectivity index (χ4v) is 1.86. The number of allylic oxidation sites excluding steroid dienone is 5. The van der Waals surface area contributed by atoms with Crippen LogP contribution in [0.2, 0.25) is 0 Å². The molecule has 0 aliphatic carbocycles. The fourth-order valence-electron chi connectivity index (χ4n) is 1.86. The van der Waals surface area contributed by atoms with Crippen LogP contribution in [-0.2, 0) is 0 Å². The Hall–Kier alpha value is -0.820. The summed E-state index contributed by atoms with van der Waals surface area (Å²) >= 11 is 0. The van der Waals surface area contributed by atoms with Gasteiger partial charge >= 0.3 is 0 Å². The summed E-state index contributed by atoms with van der Waals surface area (Å²) in [4.78, 5) is 0. The van der Waals surface area contributed by atoms with E-state index >= 15 is 0 Å². The van der Waals surface area contributed by atoms with E-state index in [0.717, 1.165) is 17.9 Å². The highest BCUT2D eigenvalue weighted by Crippen LogP contribution is 2.17. The topological polar surface area (TPSA) is 20.2 Å². The lowest BCUT2D eigenvalue weighted by Crippen LogP contribution is -1.96.